The van der Waals surface area contributed by atoms with E-state index in [1.807, 2.05) is 72.1 Å². The van der Waals surface area contributed by atoms with Gasteiger partial charge in [0.05, 0.1) is 26.2 Å². The van der Waals surface area contributed by atoms with E-state index in [4.69, 9.17) is 14.2 Å². The number of carbonyl (C=O) groups is 1. The third-order valence-electron chi connectivity index (χ3n) is 5.45. The highest BCUT2D eigenvalue weighted by Gasteiger charge is 2.12. The van der Waals surface area contributed by atoms with Crippen LogP contribution in [0.25, 0.3) is 21.7 Å². The van der Waals surface area contributed by atoms with Crippen molar-refractivity contribution in [1.29, 1.82) is 0 Å². The van der Waals surface area contributed by atoms with Gasteiger partial charge < -0.3 is 19.5 Å². The van der Waals surface area contributed by atoms with Crippen molar-refractivity contribution in [2.24, 2.45) is 0 Å². The summed E-state index contributed by atoms with van der Waals surface area (Å²) in [6.45, 7) is 0. The summed E-state index contributed by atoms with van der Waals surface area (Å²) in [6.07, 6.45) is 2.08. The molecule has 6 nitrogen and oxygen atoms in total. The van der Waals surface area contributed by atoms with E-state index in [2.05, 4.69) is 10.3 Å². The Morgan fingerprint density at radius 3 is 2.50 bits per heavy atom. The third kappa shape index (κ3) is 4.51. The number of fused-ring (bicyclic) bond motifs is 2. The number of thiophene rings is 1. The Morgan fingerprint density at radius 1 is 0.912 bits per heavy atom. The van der Waals surface area contributed by atoms with E-state index in [9.17, 15) is 4.79 Å². The first-order chi connectivity index (χ1) is 16.6. The van der Waals surface area contributed by atoms with Crippen molar-refractivity contribution < 1.29 is 19.0 Å². The number of carbonyl (C=O) groups excluding carboxylic acids is 1. The number of pyridine rings is 1. The topological polar surface area (TPSA) is 69.7 Å². The van der Waals surface area contributed by atoms with Crippen LogP contribution in [0.15, 0.2) is 78.3 Å². The van der Waals surface area contributed by atoms with Gasteiger partial charge in [0.25, 0.3) is 0 Å². The van der Waals surface area contributed by atoms with Crippen molar-refractivity contribution in [3.05, 3.63) is 83.2 Å². The fourth-order valence-corrected chi connectivity index (χ4v) is 4.51. The Hall–Kier alpha value is -4.10. The van der Waals surface area contributed by atoms with E-state index in [-0.39, 0.29) is 5.91 Å². The lowest BCUT2D eigenvalue weighted by Gasteiger charge is -2.13. The smallest absolute Gasteiger partial charge is 0.229 e. The summed E-state index contributed by atoms with van der Waals surface area (Å²) >= 11 is 1.58. The molecule has 34 heavy (non-hydrogen) atoms. The van der Waals surface area contributed by atoms with Crippen LogP contribution in [-0.4, -0.2) is 25.1 Å². The van der Waals surface area contributed by atoms with E-state index in [0.29, 0.717) is 29.4 Å². The number of rotatable bonds is 7. The van der Waals surface area contributed by atoms with Crippen molar-refractivity contribution in [2.75, 3.05) is 19.5 Å². The third-order valence-corrected chi connectivity index (χ3v) is 6.32. The molecule has 0 aliphatic heterocycles. The summed E-state index contributed by atoms with van der Waals surface area (Å²) in [5.41, 5.74) is 1.52. The molecule has 0 aliphatic carbocycles. The van der Waals surface area contributed by atoms with Gasteiger partial charge in [-0.1, -0.05) is 18.2 Å². The van der Waals surface area contributed by atoms with E-state index < -0.39 is 0 Å². The molecule has 1 N–H and O–H groups in total. The second-order valence-electron chi connectivity index (χ2n) is 7.66. The average Bonchev–Trinajstić information content (AvgIpc) is 3.36. The highest BCUT2D eigenvalue weighted by molar-refractivity contribution is 7.10. The monoisotopic (exact) mass is 470 g/mol. The van der Waals surface area contributed by atoms with Gasteiger partial charge in [0.2, 0.25) is 5.91 Å². The molecule has 5 aromatic rings. The van der Waals surface area contributed by atoms with Gasteiger partial charge in [0.15, 0.2) is 11.5 Å². The van der Waals surface area contributed by atoms with Gasteiger partial charge in [-0.15, -0.1) is 11.3 Å². The lowest BCUT2D eigenvalue weighted by atomic mass is 10.1. The molecule has 7 heteroatoms. The summed E-state index contributed by atoms with van der Waals surface area (Å²) in [6, 6.07) is 21.1. The van der Waals surface area contributed by atoms with Gasteiger partial charge in [-0.25, -0.2) is 0 Å². The second kappa shape index (κ2) is 9.41. The van der Waals surface area contributed by atoms with Crippen LogP contribution in [0, 0.1) is 0 Å². The molecular weight excluding hydrogens is 448 g/mol. The lowest BCUT2D eigenvalue weighted by molar-refractivity contribution is -0.115. The molecule has 3 aromatic carbocycles. The Bertz CT molecular complexity index is 1480. The van der Waals surface area contributed by atoms with Crippen molar-refractivity contribution in [2.45, 2.75) is 6.42 Å². The van der Waals surface area contributed by atoms with E-state index in [1.54, 1.807) is 31.8 Å². The molecule has 170 valence electrons. The molecule has 0 aliphatic rings. The van der Waals surface area contributed by atoms with Crippen LogP contribution in [0.2, 0.25) is 0 Å². The zero-order chi connectivity index (χ0) is 23.5. The van der Waals surface area contributed by atoms with Crippen LogP contribution in [0.5, 0.6) is 23.0 Å². The standard InChI is InChI=1S/C27H22N2O4S/c1-31-25-15-22-23(16-26(25)32-2)28-10-9-24(22)33-20-8-6-17-12-19(7-5-18(17)13-20)29-27(30)14-21-4-3-11-34-21/h3-13,15-16H,14H2,1-2H3,(H,29,30). The molecule has 1 amide bonds. The summed E-state index contributed by atoms with van der Waals surface area (Å²) < 4.78 is 17.0. The molecule has 0 saturated carbocycles. The summed E-state index contributed by atoms with van der Waals surface area (Å²) in [7, 11) is 3.20. The fourth-order valence-electron chi connectivity index (χ4n) is 3.81. The molecule has 2 aromatic heterocycles. The van der Waals surface area contributed by atoms with Gasteiger partial charge in [0.1, 0.15) is 11.5 Å². The molecule has 0 radical (unpaired) electrons. The molecule has 0 unspecified atom stereocenters. The average molecular weight is 471 g/mol. The maximum atomic E-state index is 12.3. The Labute approximate surface area is 200 Å². The highest BCUT2D eigenvalue weighted by Crippen LogP contribution is 2.37. The van der Waals surface area contributed by atoms with Crippen molar-refractivity contribution in [1.82, 2.24) is 4.98 Å². The van der Waals surface area contributed by atoms with Gasteiger partial charge in [0, 0.05) is 28.2 Å². The summed E-state index contributed by atoms with van der Waals surface area (Å²) in [5, 5.41) is 7.78. The number of benzene rings is 3. The number of hydrogen-bond donors (Lipinski definition) is 1. The molecule has 0 spiro atoms. The number of nitrogens with one attached hydrogen (secondary N) is 1. The number of aromatic nitrogens is 1. The van der Waals surface area contributed by atoms with Gasteiger partial charge in [-0.3, -0.25) is 9.78 Å². The normalized spacial score (nSPS) is 10.9. The fraction of sp³-hybridized carbons (Fsp3) is 0.111. The molecule has 2 heterocycles. The Morgan fingerprint density at radius 2 is 1.71 bits per heavy atom. The molecular formula is C27H22N2O4S. The van der Waals surface area contributed by atoms with Gasteiger partial charge in [-0.2, -0.15) is 0 Å². The predicted molar refractivity (Wildman–Crippen MR) is 136 cm³/mol. The molecule has 0 saturated heterocycles. The maximum absolute atomic E-state index is 12.3. The number of nitrogens with zero attached hydrogens (tertiary/aromatic N) is 1. The van der Waals surface area contributed by atoms with E-state index >= 15 is 0 Å². The minimum atomic E-state index is -0.0293. The number of ether oxygens (including phenoxy) is 3. The van der Waals surface area contributed by atoms with Crippen LogP contribution >= 0.6 is 11.3 Å². The second-order valence-corrected chi connectivity index (χ2v) is 8.70. The molecule has 5 rings (SSSR count). The number of hydrogen-bond acceptors (Lipinski definition) is 6. The molecule has 0 bridgehead atoms. The van der Waals surface area contributed by atoms with Crippen molar-refractivity contribution in [3.63, 3.8) is 0 Å². The van der Waals surface area contributed by atoms with E-state index in [0.717, 1.165) is 32.2 Å². The Kier molecular flexibility index (Phi) is 6.01. The zero-order valence-electron chi connectivity index (χ0n) is 18.7. The summed E-state index contributed by atoms with van der Waals surface area (Å²) in [4.78, 5) is 17.8. The summed E-state index contributed by atoms with van der Waals surface area (Å²) in [5.74, 6) is 2.56. The number of amides is 1. The molecule has 0 atom stereocenters. The van der Waals surface area contributed by atoms with Crippen LogP contribution in [0.1, 0.15) is 4.88 Å². The zero-order valence-corrected chi connectivity index (χ0v) is 19.5. The minimum absolute atomic E-state index is 0.0293. The first kappa shape index (κ1) is 21.7. The van der Waals surface area contributed by atoms with Crippen LogP contribution in [-0.2, 0) is 11.2 Å². The molecule has 0 fully saturated rings. The minimum Gasteiger partial charge on any atom is -0.493 e. The predicted octanol–water partition coefficient (Wildman–Crippen LogP) is 6.44. The quantitative estimate of drug-likeness (QED) is 0.296. The highest BCUT2D eigenvalue weighted by atomic mass is 32.1. The maximum Gasteiger partial charge on any atom is 0.229 e. The Balaban J connectivity index is 1.38. The first-order valence-corrected chi connectivity index (χ1v) is 11.6. The number of anilines is 1. The first-order valence-electron chi connectivity index (χ1n) is 10.7. The van der Waals surface area contributed by atoms with E-state index in [1.165, 1.54) is 0 Å². The van der Waals surface area contributed by atoms with Gasteiger partial charge in [-0.05, 0) is 58.6 Å². The SMILES string of the molecule is COc1cc2nccc(Oc3ccc4cc(NC(=O)Cc5cccs5)ccc4c3)c2cc1OC. The largest absolute Gasteiger partial charge is 0.493 e. The lowest BCUT2D eigenvalue weighted by Crippen LogP contribution is -2.13. The van der Waals surface area contributed by atoms with Gasteiger partial charge >= 0.3 is 0 Å². The van der Waals surface area contributed by atoms with Crippen LogP contribution in [0.4, 0.5) is 5.69 Å². The van der Waals surface area contributed by atoms with Crippen LogP contribution < -0.4 is 19.5 Å². The van der Waals surface area contributed by atoms with Crippen LogP contribution in [0.3, 0.4) is 0 Å². The van der Waals surface area contributed by atoms with Crippen molar-refractivity contribution in [3.8, 4) is 23.0 Å². The van der Waals surface area contributed by atoms with Crippen molar-refractivity contribution >= 4 is 44.6 Å². The number of methoxy groups -OCH3 is 2.